The summed E-state index contributed by atoms with van der Waals surface area (Å²) < 4.78 is 5.74. The first-order valence-corrected chi connectivity index (χ1v) is 8.94. The van der Waals surface area contributed by atoms with E-state index >= 15 is 0 Å². The van der Waals surface area contributed by atoms with Crippen LogP contribution in [0.25, 0.3) is 0 Å². The first kappa shape index (κ1) is 19.5. The summed E-state index contributed by atoms with van der Waals surface area (Å²) in [5, 5.41) is 11.8. The van der Waals surface area contributed by atoms with Crippen molar-refractivity contribution in [3.8, 4) is 5.75 Å². The quantitative estimate of drug-likeness (QED) is 0.633. The molecule has 0 unspecified atom stereocenters. The third-order valence-electron chi connectivity index (χ3n) is 4.04. The Hall–Kier alpha value is -2.82. The van der Waals surface area contributed by atoms with Crippen LogP contribution in [0, 0.1) is 0 Å². The third-order valence-corrected chi connectivity index (χ3v) is 4.04. The maximum atomic E-state index is 12.4. The molecule has 0 radical (unpaired) electrons. The van der Waals surface area contributed by atoms with Crippen molar-refractivity contribution in [1.29, 1.82) is 0 Å². The molecule has 0 aliphatic rings. The summed E-state index contributed by atoms with van der Waals surface area (Å²) in [7, 11) is 0. The molecule has 2 rings (SSSR count). The minimum Gasteiger partial charge on any atom is -0.493 e. The summed E-state index contributed by atoms with van der Waals surface area (Å²) >= 11 is 0. The third kappa shape index (κ3) is 5.92. The molecule has 0 bridgehead atoms. The number of nitrogens with one attached hydrogen (secondary N) is 1. The Morgan fingerprint density at radius 1 is 1.04 bits per heavy atom. The molecule has 138 valence electrons. The summed E-state index contributed by atoms with van der Waals surface area (Å²) in [6.07, 6.45) is 3.83. The number of benzene rings is 2. The van der Waals surface area contributed by atoms with Crippen LogP contribution in [-0.2, 0) is 6.42 Å². The highest BCUT2D eigenvalue weighted by Gasteiger charge is 2.11. The van der Waals surface area contributed by atoms with Crippen LogP contribution in [0.2, 0.25) is 0 Å². The van der Waals surface area contributed by atoms with Gasteiger partial charge in [-0.3, -0.25) is 4.79 Å². The zero-order valence-corrected chi connectivity index (χ0v) is 15.0. The van der Waals surface area contributed by atoms with Crippen molar-refractivity contribution in [2.45, 2.75) is 32.6 Å². The molecule has 5 heteroatoms. The average molecular weight is 355 g/mol. The highest BCUT2D eigenvalue weighted by atomic mass is 16.5. The van der Waals surface area contributed by atoms with Crippen molar-refractivity contribution in [3.05, 3.63) is 65.2 Å². The lowest BCUT2D eigenvalue weighted by Gasteiger charge is -2.11. The number of carbonyl (C=O) groups excluding carboxylic acids is 1. The first-order chi connectivity index (χ1) is 12.6. The molecular weight excluding hydrogens is 330 g/mol. The summed E-state index contributed by atoms with van der Waals surface area (Å²) in [6, 6.07) is 13.9. The standard InChI is InChI=1S/C21H25NO4/c1-2-3-6-15-26-19-8-5-4-7-18(19)20(23)22-14-13-16-9-11-17(12-10-16)21(24)25/h4-5,7-12H,2-3,6,13-15H2,1H3,(H,22,23)(H,24,25). The van der Waals surface area contributed by atoms with Crippen LogP contribution >= 0.6 is 0 Å². The van der Waals surface area contributed by atoms with Crippen molar-refractivity contribution >= 4 is 11.9 Å². The van der Waals surface area contributed by atoms with Crippen LogP contribution in [0.1, 0.15) is 52.5 Å². The topological polar surface area (TPSA) is 75.6 Å². The van der Waals surface area contributed by atoms with Gasteiger partial charge in [0, 0.05) is 6.54 Å². The van der Waals surface area contributed by atoms with Gasteiger partial charge in [0.15, 0.2) is 0 Å². The number of hydrogen-bond donors (Lipinski definition) is 2. The molecular formula is C21H25NO4. The Kier molecular flexibility index (Phi) is 7.68. The summed E-state index contributed by atoms with van der Waals surface area (Å²) in [5.74, 6) is -0.509. The molecule has 0 heterocycles. The van der Waals surface area contributed by atoms with E-state index in [1.807, 2.05) is 18.2 Å². The van der Waals surface area contributed by atoms with Crippen molar-refractivity contribution in [1.82, 2.24) is 5.32 Å². The number of carboxylic acid groups (broad SMARTS) is 1. The van der Waals surface area contributed by atoms with Crippen molar-refractivity contribution in [2.24, 2.45) is 0 Å². The van der Waals surface area contributed by atoms with Crippen molar-refractivity contribution < 1.29 is 19.4 Å². The maximum absolute atomic E-state index is 12.4. The van der Waals surface area contributed by atoms with E-state index in [9.17, 15) is 9.59 Å². The van der Waals surface area contributed by atoms with Crippen LogP contribution in [0.15, 0.2) is 48.5 Å². The van der Waals surface area contributed by atoms with E-state index in [1.54, 1.807) is 30.3 Å². The smallest absolute Gasteiger partial charge is 0.335 e. The van der Waals surface area contributed by atoms with Gasteiger partial charge in [0.25, 0.3) is 5.91 Å². The molecule has 0 saturated carbocycles. The second-order valence-electron chi connectivity index (χ2n) is 6.06. The van der Waals surface area contributed by atoms with E-state index in [-0.39, 0.29) is 11.5 Å². The Morgan fingerprint density at radius 2 is 1.77 bits per heavy atom. The van der Waals surface area contributed by atoms with E-state index < -0.39 is 5.97 Å². The van der Waals surface area contributed by atoms with Gasteiger partial charge in [0.1, 0.15) is 5.75 Å². The molecule has 0 fully saturated rings. The fourth-order valence-electron chi connectivity index (χ4n) is 2.54. The largest absolute Gasteiger partial charge is 0.493 e. The number of ether oxygens (including phenoxy) is 1. The SMILES string of the molecule is CCCCCOc1ccccc1C(=O)NCCc1ccc(C(=O)O)cc1. The van der Waals surface area contributed by atoms with Gasteiger partial charge >= 0.3 is 5.97 Å². The molecule has 0 aliphatic heterocycles. The van der Waals surface area contributed by atoms with Gasteiger partial charge in [-0.2, -0.15) is 0 Å². The molecule has 2 aromatic rings. The molecule has 5 nitrogen and oxygen atoms in total. The number of para-hydroxylation sites is 1. The fraction of sp³-hybridized carbons (Fsp3) is 0.333. The van der Waals surface area contributed by atoms with Gasteiger partial charge in [-0.05, 0) is 42.7 Å². The van der Waals surface area contributed by atoms with E-state index in [0.717, 1.165) is 24.8 Å². The molecule has 2 aromatic carbocycles. The minimum absolute atomic E-state index is 0.168. The summed E-state index contributed by atoms with van der Waals surface area (Å²) in [4.78, 5) is 23.3. The number of carboxylic acids is 1. The van der Waals surface area contributed by atoms with Gasteiger partial charge in [-0.15, -0.1) is 0 Å². The highest BCUT2D eigenvalue weighted by Crippen LogP contribution is 2.18. The molecule has 0 spiro atoms. The molecule has 2 N–H and O–H groups in total. The lowest BCUT2D eigenvalue weighted by Crippen LogP contribution is -2.26. The van der Waals surface area contributed by atoms with Crippen LogP contribution in [0.4, 0.5) is 0 Å². The van der Waals surface area contributed by atoms with Crippen LogP contribution in [0.5, 0.6) is 5.75 Å². The maximum Gasteiger partial charge on any atom is 0.335 e. The number of aromatic carboxylic acids is 1. The molecule has 0 atom stereocenters. The monoisotopic (exact) mass is 355 g/mol. The van der Waals surface area contributed by atoms with E-state index in [4.69, 9.17) is 9.84 Å². The van der Waals surface area contributed by atoms with Crippen LogP contribution in [0.3, 0.4) is 0 Å². The minimum atomic E-state index is -0.944. The van der Waals surface area contributed by atoms with E-state index in [1.165, 1.54) is 0 Å². The Labute approximate surface area is 154 Å². The van der Waals surface area contributed by atoms with Crippen LogP contribution in [-0.4, -0.2) is 30.1 Å². The Morgan fingerprint density at radius 3 is 2.46 bits per heavy atom. The number of hydrogen-bond acceptors (Lipinski definition) is 3. The predicted molar refractivity (Wildman–Crippen MR) is 101 cm³/mol. The Balaban J connectivity index is 1.86. The molecule has 26 heavy (non-hydrogen) atoms. The number of carbonyl (C=O) groups is 2. The van der Waals surface area contributed by atoms with Crippen molar-refractivity contribution in [3.63, 3.8) is 0 Å². The van der Waals surface area contributed by atoms with Gasteiger partial charge in [0.05, 0.1) is 17.7 Å². The average Bonchev–Trinajstić information content (AvgIpc) is 2.66. The summed E-state index contributed by atoms with van der Waals surface area (Å²) in [6.45, 7) is 3.21. The second kappa shape index (κ2) is 10.2. The fourth-order valence-corrected chi connectivity index (χ4v) is 2.54. The Bertz CT molecular complexity index is 725. The highest BCUT2D eigenvalue weighted by molar-refractivity contribution is 5.96. The number of rotatable bonds is 10. The second-order valence-corrected chi connectivity index (χ2v) is 6.06. The van der Waals surface area contributed by atoms with Gasteiger partial charge in [-0.1, -0.05) is 44.0 Å². The van der Waals surface area contributed by atoms with Gasteiger partial charge in [0.2, 0.25) is 0 Å². The van der Waals surface area contributed by atoms with Gasteiger partial charge in [-0.25, -0.2) is 4.79 Å². The molecule has 1 amide bonds. The lowest BCUT2D eigenvalue weighted by molar-refractivity contribution is 0.0696. The molecule has 0 aliphatic carbocycles. The molecule has 0 saturated heterocycles. The van der Waals surface area contributed by atoms with Crippen molar-refractivity contribution in [2.75, 3.05) is 13.2 Å². The van der Waals surface area contributed by atoms with Crippen LogP contribution < -0.4 is 10.1 Å². The lowest BCUT2D eigenvalue weighted by atomic mass is 10.1. The number of unbranched alkanes of at least 4 members (excludes halogenated alkanes) is 2. The normalized spacial score (nSPS) is 10.3. The first-order valence-electron chi connectivity index (χ1n) is 8.94. The summed E-state index contributed by atoms with van der Waals surface area (Å²) in [5.41, 5.74) is 1.76. The van der Waals surface area contributed by atoms with Gasteiger partial charge < -0.3 is 15.2 Å². The zero-order valence-electron chi connectivity index (χ0n) is 15.0. The van der Waals surface area contributed by atoms with E-state index in [2.05, 4.69) is 12.2 Å². The molecule has 0 aromatic heterocycles. The zero-order chi connectivity index (χ0) is 18.8. The predicted octanol–water partition coefficient (Wildman–Crippen LogP) is 3.93. The van der Waals surface area contributed by atoms with E-state index in [0.29, 0.717) is 30.9 Å². The number of amides is 1.